The number of methoxy groups -OCH3 is 1. The Kier molecular flexibility index (Phi) is 4.71. The molecule has 0 unspecified atom stereocenters. The molecule has 20 heavy (non-hydrogen) atoms. The number of nitrogens with one attached hydrogen (secondary N) is 1. The number of benzene rings is 1. The van der Waals surface area contributed by atoms with E-state index in [9.17, 15) is 8.42 Å². The molecule has 1 aromatic rings. The normalized spacial score (nSPS) is 17.8. The second-order valence-electron chi connectivity index (χ2n) is 5.03. The monoisotopic (exact) mass is 318 g/mol. The van der Waals surface area contributed by atoms with Crippen molar-refractivity contribution in [3.8, 4) is 0 Å². The number of hydrogen-bond acceptors (Lipinski definition) is 4. The first-order valence-corrected chi connectivity index (χ1v) is 8.32. The highest BCUT2D eigenvalue weighted by Gasteiger charge is 2.38. The van der Waals surface area contributed by atoms with Gasteiger partial charge in [0.25, 0.3) is 0 Å². The second kappa shape index (κ2) is 5.99. The molecule has 5 nitrogen and oxygen atoms in total. The van der Waals surface area contributed by atoms with Crippen molar-refractivity contribution in [2.24, 2.45) is 5.73 Å². The zero-order valence-electron chi connectivity index (χ0n) is 11.4. The van der Waals surface area contributed by atoms with Crippen molar-refractivity contribution in [1.29, 1.82) is 0 Å². The lowest BCUT2D eigenvalue weighted by atomic mass is 9.80. The third-order valence-corrected chi connectivity index (χ3v) is 5.69. The van der Waals surface area contributed by atoms with Gasteiger partial charge in [0.2, 0.25) is 10.0 Å². The summed E-state index contributed by atoms with van der Waals surface area (Å²) in [6, 6.07) is 4.77. The molecule has 112 valence electrons. The number of halogens is 1. The van der Waals surface area contributed by atoms with Crippen molar-refractivity contribution >= 4 is 21.6 Å². The number of hydrogen-bond donors (Lipinski definition) is 2. The molecule has 1 saturated carbocycles. The molecule has 0 spiro atoms. The highest BCUT2D eigenvalue weighted by Crippen LogP contribution is 2.34. The van der Waals surface area contributed by atoms with Crippen molar-refractivity contribution in [2.45, 2.75) is 36.3 Å². The van der Waals surface area contributed by atoms with E-state index in [-0.39, 0.29) is 28.6 Å². The summed E-state index contributed by atoms with van der Waals surface area (Å²) < 4.78 is 32.6. The summed E-state index contributed by atoms with van der Waals surface area (Å²) in [7, 11) is -2.05. The second-order valence-corrected chi connectivity index (χ2v) is 7.18. The lowest BCUT2D eigenvalue weighted by Gasteiger charge is -2.40. The highest BCUT2D eigenvalue weighted by atomic mass is 35.5. The predicted molar refractivity (Wildman–Crippen MR) is 78.1 cm³/mol. The zero-order chi connectivity index (χ0) is 14.8. The van der Waals surface area contributed by atoms with Crippen LogP contribution in [-0.2, 0) is 21.3 Å². The summed E-state index contributed by atoms with van der Waals surface area (Å²) in [6.45, 7) is 0.525. The van der Waals surface area contributed by atoms with Gasteiger partial charge in [0, 0.05) is 20.2 Å². The topological polar surface area (TPSA) is 81.4 Å². The van der Waals surface area contributed by atoms with Crippen molar-refractivity contribution < 1.29 is 13.2 Å². The van der Waals surface area contributed by atoms with Crippen LogP contribution in [0, 0.1) is 0 Å². The first kappa shape index (κ1) is 15.7. The van der Waals surface area contributed by atoms with Crippen molar-refractivity contribution in [3.63, 3.8) is 0 Å². The van der Waals surface area contributed by atoms with Gasteiger partial charge in [-0.1, -0.05) is 17.7 Å². The molecule has 3 N–H and O–H groups in total. The maximum absolute atomic E-state index is 12.3. The van der Waals surface area contributed by atoms with Crippen LogP contribution in [0.5, 0.6) is 0 Å². The fourth-order valence-electron chi connectivity index (χ4n) is 2.21. The highest BCUT2D eigenvalue weighted by molar-refractivity contribution is 7.89. The smallest absolute Gasteiger partial charge is 0.242 e. The van der Waals surface area contributed by atoms with E-state index >= 15 is 0 Å². The number of ether oxygens (including phenoxy) is 1. The van der Waals surface area contributed by atoms with Crippen molar-refractivity contribution in [1.82, 2.24) is 4.72 Å². The average Bonchev–Trinajstić information content (AvgIpc) is 2.38. The van der Waals surface area contributed by atoms with Gasteiger partial charge < -0.3 is 10.5 Å². The van der Waals surface area contributed by atoms with Crippen molar-refractivity contribution in [2.75, 3.05) is 13.7 Å². The van der Waals surface area contributed by atoms with Crippen LogP contribution in [0.3, 0.4) is 0 Å². The average molecular weight is 319 g/mol. The lowest BCUT2D eigenvalue weighted by molar-refractivity contribution is -0.0659. The quantitative estimate of drug-likeness (QED) is 0.835. The number of sulfonamides is 1. The van der Waals surface area contributed by atoms with E-state index in [4.69, 9.17) is 22.1 Å². The molecule has 1 aromatic carbocycles. The molecule has 0 amide bonds. The minimum absolute atomic E-state index is 0.0627. The largest absolute Gasteiger partial charge is 0.377 e. The molecule has 0 aromatic heterocycles. The molecule has 1 fully saturated rings. The summed E-state index contributed by atoms with van der Waals surface area (Å²) in [4.78, 5) is 0.0627. The molecule has 0 saturated heterocycles. The molecular weight excluding hydrogens is 300 g/mol. The summed E-state index contributed by atoms with van der Waals surface area (Å²) in [5, 5.41) is 0.190. The van der Waals surface area contributed by atoms with Crippen LogP contribution in [-0.4, -0.2) is 27.7 Å². The lowest BCUT2D eigenvalue weighted by Crippen LogP contribution is -2.49. The molecule has 0 bridgehead atoms. The molecule has 7 heteroatoms. The summed E-state index contributed by atoms with van der Waals surface area (Å²) in [5.41, 5.74) is 5.88. The summed E-state index contributed by atoms with van der Waals surface area (Å²) >= 11 is 5.98. The SMILES string of the molecule is COC1(CNS(=O)(=O)c2cc(CN)ccc2Cl)CCC1. The van der Waals surface area contributed by atoms with E-state index in [1.165, 1.54) is 6.07 Å². The fourth-order valence-corrected chi connectivity index (χ4v) is 3.87. The van der Waals surface area contributed by atoms with Gasteiger partial charge in [-0.2, -0.15) is 0 Å². The van der Waals surface area contributed by atoms with E-state index in [0.717, 1.165) is 24.8 Å². The Bertz CT molecular complexity index is 580. The van der Waals surface area contributed by atoms with E-state index in [1.54, 1.807) is 19.2 Å². The summed E-state index contributed by atoms with van der Waals surface area (Å²) in [6.07, 6.45) is 2.78. The van der Waals surface area contributed by atoms with Gasteiger partial charge >= 0.3 is 0 Å². The molecule has 1 aliphatic rings. The van der Waals surface area contributed by atoms with Gasteiger partial charge in [-0.3, -0.25) is 0 Å². The van der Waals surface area contributed by atoms with Gasteiger partial charge in [0.1, 0.15) is 4.90 Å². The van der Waals surface area contributed by atoms with Crippen LogP contribution in [0.15, 0.2) is 23.1 Å². The Morgan fingerprint density at radius 2 is 2.15 bits per heavy atom. The first-order valence-electron chi connectivity index (χ1n) is 6.46. The molecule has 0 atom stereocenters. The molecule has 2 rings (SSSR count). The van der Waals surface area contributed by atoms with Crippen LogP contribution in [0.2, 0.25) is 5.02 Å². The van der Waals surface area contributed by atoms with Gasteiger partial charge in [0.15, 0.2) is 0 Å². The third-order valence-electron chi connectivity index (χ3n) is 3.80. The maximum Gasteiger partial charge on any atom is 0.242 e. The van der Waals surface area contributed by atoms with Gasteiger partial charge in [0.05, 0.1) is 10.6 Å². The van der Waals surface area contributed by atoms with Crippen molar-refractivity contribution in [3.05, 3.63) is 28.8 Å². The van der Waals surface area contributed by atoms with E-state index in [0.29, 0.717) is 0 Å². The van der Waals surface area contributed by atoms with Crippen LogP contribution >= 0.6 is 11.6 Å². The van der Waals surface area contributed by atoms with Gasteiger partial charge in [-0.15, -0.1) is 0 Å². The van der Waals surface area contributed by atoms with Gasteiger partial charge in [-0.05, 0) is 37.0 Å². The Morgan fingerprint density at radius 1 is 1.45 bits per heavy atom. The number of rotatable bonds is 6. The molecule has 0 aliphatic heterocycles. The molecule has 1 aliphatic carbocycles. The van der Waals surface area contributed by atoms with Crippen LogP contribution in [0.4, 0.5) is 0 Å². The Morgan fingerprint density at radius 3 is 2.65 bits per heavy atom. The van der Waals surface area contributed by atoms with Crippen LogP contribution < -0.4 is 10.5 Å². The molecule has 0 radical (unpaired) electrons. The first-order chi connectivity index (χ1) is 9.42. The van der Waals surface area contributed by atoms with E-state index < -0.39 is 10.0 Å². The zero-order valence-corrected chi connectivity index (χ0v) is 12.9. The minimum Gasteiger partial charge on any atom is -0.377 e. The Balaban J connectivity index is 2.18. The third kappa shape index (κ3) is 3.15. The Labute approximate surface area is 124 Å². The van der Waals surface area contributed by atoms with Crippen LogP contribution in [0.1, 0.15) is 24.8 Å². The number of nitrogens with two attached hydrogens (primary N) is 1. The Hall–Kier alpha value is -0.660. The summed E-state index contributed by atoms with van der Waals surface area (Å²) in [5.74, 6) is 0. The molecular formula is C13H19ClN2O3S. The molecule has 0 heterocycles. The van der Waals surface area contributed by atoms with Crippen LogP contribution in [0.25, 0.3) is 0 Å². The minimum atomic E-state index is -3.66. The standard InChI is InChI=1S/C13H19ClN2O3S/c1-19-13(5-2-6-13)9-16-20(17,18)12-7-10(8-15)3-4-11(12)14/h3-4,7,16H,2,5-6,8-9,15H2,1H3. The maximum atomic E-state index is 12.3. The van der Waals surface area contributed by atoms with E-state index in [2.05, 4.69) is 4.72 Å². The van der Waals surface area contributed by atoms with E-state index in [1.807, 2.05) is 0 Å². The van der Waals surface area contributed by atoms with Gasteiger partial charge in [-0.25, -0.2) is 13.1 Å². The predicted octanol–water partition coefficient (Wildman–Crippen LogP) is 1.65. The fraction of sp³-hybridized carbons (Fsp3) is 0.538.